The smallest absolute Gasteiger partial charge is 0.408 e. The fourth-order valence-corrected chi connectivity index (χ4v) is 1.42. The molecule has 0 spiro atoms. The second-order valence-electron chi connectivity index (χ2n) is 4.89. The zero-order chi connectivity index (χ0) is 13.2. The van der Waals surface area contributed by atoms with Gasteiger partial charge in [-0.15, -0.1) is 5.10 Å². The summed E-state index contributed by atoms with van der Waals surface area (Å²) in [6.45, 7) is 5.69. The number of amides is 1. The standard InChI is InChI=1S/C12H16N4O2/c1-12(2,3)18-11(17)13-8-9-14-10-6-4-5-7-16(10)15-9/h4-7H,8H2,1-3H3,(H,13,17). The Labute approximate surface area is 105 Å². The average molecular weight is 248 g/mol. The molecule has 96 valence electrons. The van der Waals surface area contributed by atoms with E-state index in [2.05, 4.69) is 15.4 Å². The summed E-state index contributed by atoms with van der Waals surface area (Å²) in [6, 6.07) is 5.60. The molecule has 0 bridgehead atoms. The summed E-state index contributed by atoms with van der Waals surface area (Å²) in [5, 5.41) is 6.83. The van der Waals surface area contributed by atoms with Gasteiger partial charge in [0.05, 0.1) is 6.54 Å². The van der Waals surface area contributed by atoms with E-state index in [9.17, 15) is 4.79 Å². The Hall–Kier alpha value is -2.11. The summed E-state index contributed by atoms with van der Waals surface area (Å²) in [6.07, 6.45) is 1.33. The van der Waals surface area contributed by atoms with Gasteiger partial charge >= 0.3 is 6.09 Å². The Morgan fingerprint density at radius 3 is 2.89 bits per heavy atom. The van der Waals surface area contributed by atoms with Gasteiger partial charge in [-0.1, -0.05) is 6.07 Å². The van der Waals surface area contributed by atoms with Gasteiger partial charge in [-0.25, -0.2) is 14.3 Å². The first kappa shape index (κ1) is 12.3. The molecule has 0 unspecified atom stereocenters. The highest BCUT2D eigenvalue weighted by atomic mass is 16.6. The first-order valence-corrected chi connectivity index (χ1v) is 5.71. The number of hydrogen-bond acceptors (Lipinski definition) is 4. The van der Waals surface area contributed by atoms with Crippen LogP contribution in [-0.4, -0.2) is 26.3 Å². The van der Waals surface area contributed by atoms with Gasteiger partial charge in [0, 0.05) is 6.20 Å². The second-order valence-corrected chi connectivity index (χ2v) is 4.89. The number of alkyl carbamates (subject to hydrolysis) is 1. The van der Waals surface area contributed by atoms with Crippen molar-refractivity contribution in [2.24, 2.45) is 0 Å². The third-order valence-electron chi connectivity index (χ3n) is 2.07. The third-order valence-corrected chi connectivity index (χ3v) is 2.07. The van der Waals surface area contributed by atoms with Crippen molar-refractivity contribution in [2.75, 3.05) is 0 Å². The summed E-state index contributed by atoms with van der Waals surface area (Å²) in [4.78, 5) is 15.7. The molecule has 2 aromatic heterocycles. The van der Waals surface area contributed by atoms with E-state index in [0.717, 1.165) is 5.65 Å². The van der Waals surface area contributed by atoms with E-state index in [-0.39, 0.29) is 6.54 Å². The van der Waals surface area contributed by atoms with Crippen molar-refractivity contribution in [3.8, 4) is 0 Å². The predicted molar refractivity (Wildman–Crippen MR) is 66.1 cm³/mol. The summed E-state index contributed by atoms with van der Waals surface area (Å²) >= 11 is 0. The van der Waals surface area contributed by atoms with Crippen LogP contribution in [0.25, 0.3) is 5.65 Å². The number of fused-ring (bicyclic) bond motifs is 1. The lowest BCUT2D eigenvalue weighted by atomic mass is 10.2. The Morgan fingerprint density at radius 2 is 2.22 bits per heavy atom. The van der Waals surface area contributed by atoms with E-state index in [0.29, 0.717) is 5.82 Å². The molecule has 0 aromatic carbocycles. The van der Waals surface area contributed by atoms with Crippen LogP contribution < -0.4 is 5.32 Å². The van der Waals surface area contributed by atoms with Crippen molar-refractivity contribution >= 4 is 11.7 Å². The number of carbonyl (C=O) groups excluding carboxylic acids is 1. The Morgan fingerprint density at radius 1 is 1.44 bits per heavy atom. The fourth-order valence-electron chi connectivity index (χ4n) is 1.42. The first-order valence-electron chi connectivity index (χ1n) is 5.71. The molecule has 0 saturated carbocycles. The van der Waals surface area contributed by atoms with Crippen LogP contribution in [0.4, 0.5) is 4.79 Å². The van der Waals surface area contributed by atoms with Crippen LogP contribution >= 0.6 is 0 Å². The molecule has 0 aliphatic heterocycles. The van der Waals surface area contributed by atoms with E-state index < -0.39 is 11.7 Å². The molecule has 0 aliphatic rings. The van der Waals surface area contributed by atoms with Gasteiger partial charge in [0.15, 0.2) is 11.5 Å². The normalized spacial score (nSPS) is 11.5. The van der Waals surface area contributed by atoms with Gasteiger partial charge in [-0.05, 0) is 32.9 Å². The van der Waals surface area contributed by atoms with Gasteiger partial charge in [0.2, 0.25) is 0 Å². The minimum Gasteiger partial charge on any atom is -0.444 e. The van der Waals surface area contributed by atoms with E-state index in [1.54, 1.807) is 10.7 Å². The van der Waals surface area contributed by atoms with Crippen molar-refractivity contribution in [1.82, 2.24) is 19.9 Å². The van der Waals surface area contributed by atoms with Gasteiger partial charge in [-0.3, -0.25) is 0 Å². The molecular formula is C12H16N4O2. The largest absolute Gasteiger partial charge is 0.444 e. The number of pyridine rings is 1. The molecule has 1 N–H and O–H groups in total. The lowest BCUT2D eigenvalue weighted by Crippen LogP contribution is -2.32. The van der Waals surface area contributed by atoms with Crippen molar-refractivity contribution in [2.45, 2.75) is 32.9 Å². The topological polar surface area (TPSA) is 68.5 Å². The SMILES string of the molecule is CC(C)(C)OC(=O)NCc1nc2ccccn2n1. The van der Waals surface area contributed by atoms with E-state index in [4.69, 9.17) is 4.74 Å². The van der Waals surface area contributed by atoms with E-state index >= 15 is 0 Å². The lowest BCUT2D eigenvalue weighted by molar-refractivity contribution is 0.0522. The molecule has 18 heavy (non-hydrogen) atoms. The minimum absolute atomic E-state index is 0.247. The van der Waals surface area contributed by atoms with Crippen LogP contribution in [0.3, 0.4) is 0 Å². The number of nitrogens with one attached hydrogen (secondary N) is 1. The van der Waals surface area contributed by atoms with Crippen molar-refractivity contribution in [3.63, 3.8) is 0 Å². The third kappa shape index (κ3) is 3.19. The molecule has 2 heterocycles. The molecule has 0 aliphatic carbocycles. The molecule has 0 saturated heterocycles. The molecule has 0 atom stereocenters. The zero-order valence-electron chi connectivity index (χ0n) is 10.7. The summed E-state index contributed by atoms with van der Waals surface area (Å²) < 4.78 is 6.78. The van der Waals surface area contributed by atoms with Gasteiger partial charge in [-0.2, -0.15) is 0 Å². The molecule has 1 amide bonds. The zero-order valence-corrected chi connectivity index (χ0v) is 10.7. The van der Waals surface area contributed by atoms with Gasteiger partial charge < -0.3 is 10.1 Å². The number of ether oxygens (including phenoxy) is 1. The quantitative estimate of drug-likeness (QED) is 0.879. The van der Waals surface area contributed by atoms with Crippen LogP contribution in [0.5, 0.6) is 0 Å². The highest BCUT2D eigenvalue weighted by Gasteiger charge is 2.16. The Kier molecular flexibility index (Phi) is 3.18. The molecule has 6 heteroatoms. The fraction of sp³-hybridized carbons (Fsp3) is 0.417. The predicted octanol–water partition coefficient (Wildman–Crippen LogP) is 1.75. The number of aromatic nitrogens is 3. The monoisotopic (exact) mass is 248 g/mol. The maximum atomic E-state index is 11.5. The van der Waals surface area contributed by atoms with Gasteiger partial charge in [0.25, 0.3) is 0 Å². The van der Waals surface area contributed by atoms with Crippen molar-refractivity contribution in [3.05, 3.63) is 30.2 Å². The molecule has 6 nitrogen and oxygen atoms in total. The van der Waals surface area contributed by atoms with E-state index in [1.807, 2.05) is 39.0 Å². The lowest BCUT2D eigenvalue weighted by Gasteiger charge is -2.19. The van der Waals surface area contributed by atoms with Crippen LogP contribution in [0, 0.1) is 0 Å². The van der Waals surface area contributed by atoms with Crippen molar-refractivity contribution < 1.29 is 9.53 Å². The van der Waals surface area contributed by atoms with Crippen LogP contribution in [0.1, 0.15) is 26.6 Å². The maximum absolute atomic E-state index is 11.5. The molecule has 2 rings (SSSR count). The second kappa shape index (κ2) is 4.64. The summed E-state index contributed by atoms with van der Waals surface area (Å²) in [5.41, 5.74) is 0.245. The highest BCUT2D eigenvalue weighted by Crippen LogP contribution is 2.06. The highest BCUT2D eigenvalue weighted by molar-refractivity contribution is 5.67. The first-order chi connectivity index (χ1) is 8.44. The average Bonchev–Trinajstić information content (AvgIpc) is 2.66. The Balaban J connectivity index is 1.96. The van der Waals surface area contributed by atoms with Gasteiger partial charge in [0.1, 0.15) is 5.60 Å². The number of hydrogen-bond donors (Lipinski definition) is 1. The van der Waals surface area contributed by atoms with Crippen LogP contribution in [0.15, 0.2) is 24.4 Å². The van der Waals surface area contributed by atoms with E-state index in [1.165, 1.54) is 0 Å². The number of carbonyl (C=O) groups is 1. The van der Waals surface area contributed by atoms with Crippen LogP contribution in [0.2, 0.25) is 0 Å². The maximum Gasteiger partial charge on any atom is 0.408 e. The number of rotatable bonds is 2. The molecule has 0 fully saturated rings. The summed E-state index contributed by atoms with van der Waals surface area (Å²) in [7, 11) is 0. The van der Waals surface area contributed by atoms with Crippen molar-refractivity contribution in [1.29, 1.82) is 0 Å². The molecule has 0 radical (unpaired) electrons. The molecule has 2 aromatic rings. The molecular weight excluding hydrogens is 232 g/mol. The van der Waals surface area contributed by atoms with Crippen LogP contribution in [-0.2, 0) is 11.3 Å². The minimum atomic E-state index is -0.504. The summed E-state index contributed by atoms with van der Waals surface area (Å²) in [5.74, 6) is 0.548. The number of nitrogens with zero attached hydrogens (tertiary/aromatic N) is 3. The Bertz CT molecular complexity index is 523.